The molecule has 78 valence electrons. The normalized spacial score (nSPS) is 11.6. The van der Waals surface area contributed by atoms with Crippen LogP contribution in [0.4, 0.5) is 5.69 Å². The summed E-state index contributed by atoms with van der Waals surface area (Å²) in [6, 6.07) is 3.03. The van der Waals surface area contributed by atoms with Crippen molar-refractivity contribution >= 4 is 47.4 Å². The smallest absolute Gasteiger partial charge is 0.178 e. The van der Waals surface area contributed by atoms with E-state index in [4.69, 9.17) is 5.73 Å². The lowest BCUT2D eigenvalue weighted by Gasteiger charge is -2.06. The van der Waals surface area contributed by atoms with Crippen LogP contribution in [0.5, 0.6) is 0 Å². The summed E-state index contributed by atoms with van der Waals surface area (Å²) in [6.45, 7) is 1.60. The number of halogens is 2. The van der Waals surface area contributed by atoms with Gasteiger partial charge in [-0.15, -0.1) is 0 Å². The summed E-state index contributed by atoms with van der Waals surface area (Å²) in [6.07, 6.45) is 0. The molecule has 0 unspecified atom stereocenters. The second-order valence-electron chi connectivity index (χ2n) is 2.70. The van der Waals surface area contributed by atoms with E-state index >= 15 is 0 Å². The average Bonchev–Trinajstić information content (AvgIpc) is 2.13. The molecule has 14 heavy (non-hydrogen) atoms. The molecule has 0 saturated heterocycles. The van der Waals surface area contributed by atoms with Crippen molar-refractivity contribution in [1.82, 2.24) is 0 Å². The van der Waals surface area contributed by atoms with Crippen LogP contribution in [0.3, 0.4) is 0 Å². The fourth-order valence-electron chi connectivity index (χ4n) is 0.907. The molecule has 0 saturated carbocycles. The van der Waals surface area contributed by atoms with Crippen molar-refractivity contribution in [3.8, 4) is 0 Å². The third-order valence-corrected chi connectivity index (χ3v) is 4.82. The molecule has 1 aromatic rings. The van der Waals surface area contributed by atoms with E-state index in [0.29, 0.717) is 14.6 Å². The van der Waals surface area contributed by atoms with Crippen LogP contribution in [0, 0.1) is 0 Å². The maximum Gasteiger partial charge on any atom is 0.178 e. The van der Waals surface area contributed by atoms with Crippen LogP contribution >= 0.6 is 31.9 Å². The summed E-state index contributed by atoms with van der Waals surface area (Å²) in [4.78, 5) is 0.271. The predicted molar refractivity (Wildman–Crippen MR) is 64.0 cm³/mol. The molecule has 6 heteroatoms. The lowest BCUT2D eigenvalue weighted by molar-refractivity contribution is 0.597. The Morgan fingerprint density at radius 1 is 1.29 bits per heavy atom. The average molecular weight is 343 g/mol. The van der Waals surface area contributed by atoms with E-state index in [-0.39, 0.29) is 10.6 Å². The lowest BCUT2D eigenvalue weighted by atomic mass is 10.3. The van der Waals surface area contributed by atoms with Gasteiger partial charge in [-0.3, -0.25) is 0 Å². The lowest BCUT2D eigenvalue weighted by Crippen LogP contribution is -2.04. The van der Waals surface area contributed by atoms with Gasteiger partial charge in [0, 0.05) is 8.95 Å². The Morgan fingerprint density at radius 3 is 2.07 bits per heavy atom. The molecule has 0 bridgehead atoms. The van der Waals surface area contributed by atoms with Crippen molar-refractivity contribution in [2.75, 3.05) is 11.5 Å². The molecule has 1 rings (SSSR count). The highest BCUT2D eigenvalue weighted by atomic mass is 79.9. The molecule has 0 aliphatic heterocycles. The van der Waals surface area contributed by atoms with Gasteiger partial charge in [0.05, 0.1) is 16.3 Å². The highest BCUT2D eigenvalue weighted by molar-refractivity contribution is 9.11. The molecule has 0 amide bonds. The molecular weight excluding hydrogens is 334 g/mol. The van der Waals surface area contributed by atoms with E-state index in [0.717, 1.165) is 0 Å². The van der Waals surface area contributed by atoms with Crippen molar-refractivity contribution in [1.29, 1.82) is 0 Å². The van der Waals surface area contributed by atoms with Crippen molar-refractivity contribution in [3.05, 3.63) is 21.1 Å². The first-order chi connectivity index (χ1) is 6.38. The van der Waals surface area contributed by atoms with Crippen LogP contribution in [0.25, 0.3) is 0 Å². The number of nitrogens with two attached hydrogens (primary N) is 1. The van der Waals surface area contributed by atoms with Crippen molar-refractivity contribution in [2.45, 2.75) is 11.8 Å². The number of anilines is 1. The van der Waals surface area contributed by atoms with E-state index in [2.05, 4.69) is 31.9 Å². The summed E-state index contributed by atoms with van der Waals surface area (Å²) in [5, 5.41) is 0. The maximum atomic E-state index is 11.5. The van der Waals surface area contributed by atoms with Gasteiger partial charge >= 0.3 is 0 Å². The summed E-state index contributed by atoms with van der Waals surface area (Å²) >= 11 is 6.40. The van der Waals surface area contributed by atoms with E-state index in [1.165, 1.54) is 12.1 Å². The van der Waals surface area contributed by atoms with E-state index < -0.39 is 9.84 Å². The Kier molecular flexibility index (Phi) is 3.60. The molecule has 0 aromatic heterocycles. The first kappa shape index (κ1) is 12.0. The zero-order valence-electron chi connectivity index (χ0n) is 7.42. The third kappa shape index (κ3) is 2.29. The number of sulfone groups is 1. The Balaban J connectivity index is 3.41. The van der Waals surface area contributed by atoms with Crippen LogP contribution in [0.15, 0.2) is 26.0 Å². The van der Waals surface area contributed by atoms with Crippen LogP contribution in [-0.2, 0) is 9.84 Å². The molecular formula is C8H9Br2NO2S. The Hall–Kier alpha value is -0.0700. The quantitative estimate of drug-likeness (QED) is 0.840. The number of benzene rings is 1. The van der Waals surface area contributed by atoms with E-state index in [9.17, 15) is 8.42 Å². The Morgan fingerprint density at radius 2 is 1.71 bits per heavy atom. The van der Waals surface area contributed by atoms with Crippen LogP contribution < -0.4 is 5.73 Å². The summed E-state index contributed by atoms with van der Waals surface area (Å²) in [5.41, 5.74) is 6.15. The SMILES string of the molecule is CCS(=O)(=O)c1cc(Br)c(N)c(Br)c1. The Labute approximate surface area is 99.9 Å². The van der Waals surface area contributed by atoms with Gasteiger partial charge in [0.2, 0.25) is 0 Å². The predicted octanol–water partition coefficient (Wildman–Crippen LogP) is 2.59. The van der Waals surface area contributed by atoms with Gasteiger partial charge in [0.15, 0.2) is 9.84 Å². The van der Waals surface area contributed by atoms with Gasteiger partial charge in [-0.1, -0.05) is 6.92 Å². The summed E-state index contributed by atoms with van der Waals surface area (Å²) in [5.74, 6) is 0.0792. The Bertz CT molecular complexity index is 433. The zero-order valence-corrected chi connectivity index (χ0v) is 11.4. The summed E-state index contributed by atoms with van der Waals surface area (Å²) in [7, 11) is -3.18. The number of rotatable bonds is 2. The first-order valence-corrected chi connectivity index (χ1v) is 7.09. The molecule has 0 radical (unpaired) electrons. The molecule has 1 aromatic carbocycles. The largest absolute Gasteiger partial charge is 0.397 e. The minimum Gasteiger partial charge on any atom is -0.397 e. The highest BCUT2D eigenvalue weighted by Gasteiger charge is 2.14. The monoisotopic (exact) mass is 341 g/mol. The minimum atomic E-state index is -3.18. The second-order valence-corrected chi connectivity index (χ2v) is 6.69. The molecule has 3 nitrogen and oxygen atoms in total. The second kappa shape index (κ2) is 4.20. The summed E-state index contributed by atoms with van der Waals surface area (Å²) < 4.78 is 24.2. The molecule has 0 spiro atoms. The topological polar surface area (TPSA) is 60.2 Å². The number of hydrogen-bond donors (Lipinski definition) is 1. The van der Waals surface area contributed by atoms with Crippen molar-refractivity contribution < 1.29 is 8.42 Å². The number of nitrogen functional groups attached to an aromatic ring is 1. The minimum absolute atomic E-state index is 0.0792. The van der Waals surface area contributed by atoms with Gasteiger partial charge in [-0.2, -0.15) is 0 Å². The molecule has 2 N–H and O–H groups in total. The fraction of sp³-hybridized carbons (Fsp3) is 0.250. The standard InChI is InChI=1S/C8H9Br2NO2S/c1-2-14(12,13)5-3-6(9)8(11)7(10)4-5/h3-4H,2,11H2,1H3. The zero-order chi connectivity index (χ0) is 10.9. The van der Waals surface area contributed by atoms with Gasteiger partial charge in [0.1, 0.15) is 0 Å². The van der Waals surface area contributed by atoms with Crippen LogP contribution in [-0.4, -0.2) is 14.2 Å². The van der Waals surface area contributed by atoms with Gasteiger partial charge in [-0.05, 0) is 44.0 Å². The maximum absolute atomic E-state index is 11.5. The fourth-order valence-corrected chi connectivity index (χ4v) is 3.32. The molecule has 0 fully saturated rings. The van der Waals surface area contributed by atoms with Gasteiger partial charge < -0.3 is 5.73 Å². The van der Waals surface area contributed by atoms with E-state index in [1.807, 2.05) is 0 Å². The van der Waals surface area contributed by atoms with Crippen LogP contribution in [0.2, 0.25) is 0 Å². The van der Waals surface area contributed by atoms with Crippen molar-refractivity contribution in [2.24, 2.45) is 0 Å². The molecule has 0 heterocycles. The molecule has 0 atom stereocenters. The number of hydrogen-bond acceptors (Lipinski definition) is 3. The van der Waals surface area contributed by atoms with E-state index in [1.54, 1.807) is 6.92 Å². The van der Waals surface area contributed by atoms with Crippen molar-refractivity contribution in [3.63, 3.8) is 0 Å². The van der Waals surface area contributed by atoms with Gasteiger partial charge in [0.25, 0.3) is 0 Å². The first-order valence-electron chi connectivity index (χ1n) is 3.85. The highest BCUT2D eigenvalue weighted by Crippen LogP contribution is 2.31. The van der Waals surface area contributed by atoms with Gasteiger partial charge in [-0.25, -0.2) is 8.42 Å². The molecule has 0 aliphatic rings. The van der Waals surface area contributed by atoms with Crippen LogP contribution in [0.1, 0.15) is 6.92 Å². The third-order valence-electron chi connectivity index (χ3n) is 1.79. The molecule has 0 aliphatic carbocycles.